The number of aliphatic carboxylic acids is 1. The van der Waals surface area contributed by atoms with Gasteiger partial charge in [-0.3, -0.25) is 9.59 Å². The molecule has 0 aliphatic rings. The number of carbonyl (C=O) groups is 2. The zero-order valence-electron chi connectivity index (χ0n) is 16.4. The van der Waals surface area contributed by atoms with Crippen molar-refractivity contribution in [3.63, 3.8) is 0 Å². The van der Waals surface area contributed by atoms with E-state index in [-0.39, 0.29) is 12.4 Å². The normalized spacial score (nSPS) is 13.6. The minimum atomic E-state index is -0.891. The number of rotatable bonds is 7. The molecule has 0 saturated heterocycles. The second-order valence-electron chi connectivity index (χ2n) is 7.97. The van der Waals surface area contributed by atoms with Crippen molar-refractivity contribution in [1.82, 2.24) is 0 Å². The summed E-state index contributed by atoms with van der Waals surface area (Å²) < 4.78 is 5.36. The molecular weight excluding hydrogens is 340 g/mol. The molecule has 0 amide bonds. The second-order valence-corrected chi connectivity index (χ2v) is 7.97. The third kappa shape index (κ3) is 6.55. The summed E-state index contributed by atoms with van der Waals surface area (Å²) in [6.07, 6.45) is 0.641. The highest BCUT2D eigenvalue weighted by atomic mass is 16.6. The van der Waals surface area contributed by atoms with Gasteiger partial charge in [0.05, 0.1) is 11.8 Å². The first kappa shape index (κ1) is 20.7. The van der Waals surface area contributed by atoms with E-state index < -0.39 is 23.4 Å². The maximum atomic E-state index is 12.2. The van der Waals surface area contributed by atoms with Crippen LogP contribution in [0, 0.1) is 11.8 Å². The van der Waals surface area contributed by atoms with Gasteiger partial charge < -0.3 is 9.84 Å². The summed E-state index contributed by atoms with van der Waals surface area (Å²) in [5.74, 6) is -2.34. The quantitative estimate of drug-likeness (QED) is 0.701. The molecule has 27 heavy (non-hydrogen) atoms. The molecule has 2 atom stereocenters. The van der Waals surface area contributed by atoms with E-state index in [9.17, 15) is 14.7 Å². The molecule has 4 nitrogen and oxygen atoms in total. The van der Waals surface area contributed by atoms with Crippen LogP contribution in [0.3, 0.4) is 0 Å². The molecule has 0 bridgehead atoms. The average molecular weight is 368 g/mol. The molecule has 0 fully saturated rings. The van der Waals surface area contributed by atoms with Gasteiger partial charge in [0.2, 0.25) is 0 Å². The lowest BCUT2D eigenvalue weighted by Gasteiger charge is -2.23. The third-order valence-corrected chi connectivity index (χ3v) is 4.34. The topological polar surface area (TPSA) is 63.6 Å². The van der Waals surface area contributed by atoms with Gasteiger partial charge in [0.25, 0.3) is 0 Å². The van der Waals surface area contributed by atoms with Crippen molar-refractivity contribution < 1.29 is 19.4 Å². The predicted octanol–water partition coefficient (Wildman–Crippen LogP) is 4.96. The number of ether oxygens (including phenoxy) is 1. The Labute approximate surface area is 161 Å². The summed E-state index contributed by atoms with van der Waals surface area (Å²) in [6.45, 7) is 7.14. The molecule has 2 aromatic rings. The van der Waals surface area contributed by atoms with Crippen molar-refractivity contribution in [3.8, 4) is 11.1 Å². The lowest BCUT2D eigenvalue weighted by molar-refractivity contribution is -0.160. The van der Waals surface area contributed by atoms with E-state index in [0.717, 1.165) is 16.7 Å². The van der Waals surface area contributed by atoms with Gasteiger partial charge in [-0.25, -0.2) is 0 Å². The summed E-state index contributed by atoms with van der Waals surface area (Å²) in [5.41, 5.74) is 2.58. The van der Waals surface area contributed by atoms with Crippen LogP contribution in [0.1, 0.15) is 39.7 Å². The van der Waals surface area contributed by atoms with Crippen LogP contribution in [0.5, 0.6) is 0 Å². The lowest BCUT2D eigenvalue weighted by Crippen LogP contribution is -2.30. The van der Waals surface area contributed by atoms with Crippen LogP contribution < -0.4 is 0 Å². The Kier molecular flexibility index (Phi) is 6.78. The van der Waals surface area contributed by atoms with Crippen molar-refractivity contribution in [2.45, 2.75) is 46.1 Å². The Balaban J connectivity index is 2.03. The monoisotopic (exact) mass is 368 g/mol. The highest BCUT2D eigenvalue weighted by Gasteiger charge is 2.27. The molecule has 0 saturated carbocycles. The third-order valence-electron chi connectivity index (χ3n) is 4.34. The highest BCUT2D eigenvalue weighted by molar-refractivity contribution is 5.75. The number of carbonyl (C=O) groups excluding carboxylic acids is 1. The molecule has 0 aromatic heterocycles. The minimum absolute atomic E-state index is 0.255. The van der Waals surface area contributed by atoms with E-state index in [2.05, 4.69) is 0 Å². The predicted molar refractivity (Wildman–Crippen MR) is 106 cm³/mol. The van der Waals surface area contributed by atoms with Crippen LogP contribution in [0.15, 0.2) is 54.6 Å². The SMILES string of the molecule is C[C@H](C[C@H](Cc1ccc(-c2ccccc2)cc1)C(=O)O)C(=O)OC(C)(C)C. The Bertz CT molecular complexity index is 757. The maximum absolute atomic E-state index is 12.2. The van der Waals surface area contributed by atoms with Crippen molar-refractivity contribution in [3.05, 3.63) is 60.2 Å². The van der Waals surface area contributed by atoms with E-state index >= 15 is 0 Å². The van der Waals surface area contributed by atoms with Crippen LogP contribution in [-0.2, 0) is 20.7 Å². The van der Waals surface area contributed by atoms with Crippen molar-refractivity contribution in [1.29, 1.82) is 0 Å². The summed E-state index contributed by atoms with van der Waals surface area (Å²) >= 11 is 0. The maximum Gasteiger partial charge on any atom is 0.309 e. The molecule has 2 aromatic carbocycles. The van der Waals surface area contributed by atoms with Crippen LogP contribution in [0.25, 0.3) is 11.1 Å². The Morgan fingerprint density at radius 3 is 2.04 bits per heavy atom. The standard InChI is InChI=1S/C23H28O4/c1-16(22(26)27-23(2,3)4)14-20(21(24)25)15-17-10-12-19(13-11-17)18-8-6-5-7-9-18/h5-13,16,20H,14-15H2,1-4H3,(H,24,25)/t16-,20-/m1/s1. The first-order chi connectivity index (χ1) is 12.7. The van der Waals surface area contributed by atoms with Crippen molar-refractivity contribution in [2.75, 3.05) is 0 Å². The fourth-order valence-corrected chi connectivity index (χ4v) is 2.95. The zero-order chi connectivity index (χ0) is 20.0. The molecule has 0 heterocycles. The van der Waals surface area contributed by atoms with Gasteiger partial charge in [0.15, 0.2) is 0 Å². The minimum Gasteiger partial charge on any atom is -0.481 e. The molecule has 0 unspecified atom stereocenters. The summed E-state index contributed by atoms with van der Waals surface area (Å²) in [4.78, 5) is 23.8. The van der Waals surface area contributed by atoms with Crippen LogP contribution >= 0.6 is 0 Å². The van der Waals surface area contributed by atoms with Gasteiger partial charge in [-0.05, 0) is 50.3 Å². The number of carboxylic acid groups (broad SMARTS) is 1. The lowest BCUT2D eigenvalue weighted by atomic mass is 9.89. The molecule has 0 spiro atoms. The number of hydrogen-bond donors (Lipinski definition) is 1. The summed E-state index contributed by atoms with van der Waals surface area (Å²) in [7, 11) is 0. The van der Waals surface area contributed by atoms with Gasteiger partial charge in [-0.1, -0.05) is 61.5 Å². The summed E-state index contributed by atoms with van der Waals surface area (Å²) in [5, 5.41) is 9.58. The Morgan fingerprint density at radius 2 is 1.52 bits per heavy atom. The smallest absolute Gasteiger partial charge is 0.309 e. The summed E-state index contributed by atoms with van der Waals surface area (Å²) in [6, 6.07) is 17.9. The number of benzene rings is 2. The first-order valence-corrected chi connectivity index (χ1v) is 9.26. The zero-order valence-corrected chi connectivity index (χ0v) is 16.4. The largest absolute Gasteiger partial charge is 0.481 e. The molecule has 0 aliphatic carbocycles. The molecule has 0 radical (unpaired) electrons. The van der Waals surface area contributed by atoms with Gasteiger partial charge in [-0.2, -0.15) is 0 Å². The molecule has 0 aliphatic heterocycles. The molecule has 4 heteroatoms. The fourth-order valence-electron chi connectivity index (χ4n) is 2.95. The molecular formula is C23H28O4. The Hall–Kier alpha value is -2.62. The van der Waals surface area contributed by atoms with Crippen molar-refractivity contribution in [2.24, 2.45) is 11.8 Å². The highest BCUT2D eigenvalue weighted by Crippen LogP contribution is 2.24. The van der Waals surface area contributed by atoms with Crippen molar-refractivity contribution >= 4 is 11.9 Å². The van der Waals surface area contributed by atoms with E-state index in [4.69, 9.17) is 4.74 Å². The van der Waals surface area contributed by atoms with Crippen LogP contribution in [-0.4, -0.2) is 22.6 Å². The van der Waals surface area contributed by atoms with Gasteiger partial charge in [-0.15, -0.1) is 0 Å². The number of carboxylic acids is 1. The van der Waals surface area contributed by atoms with Crippen LogP contribution in [0.4, 0.5) is 0 Å². The van der Waals surface area contributed by atoms with Crippen LogP contribution in [0.2, 0.25) is 0 Å². The van der Waals surface area contributed by atoms with E-state index in [0.29, 0.717) is 6.42 Å². The average Bonchev–Trinajstić information content (AvgIpc) is 2.61. The second kappa shape index (κ2) is 8.85. The van der Waals surface area contributed by atoms with Gasteiger partial charge >= 0.3 is 11.9 Å². The van der Waals surface area contributed by atoms with Gasteiger partial charge in [0.1, 0.15) is 5.60 Å². The van der Waals surface area contributed by atoms with E-state index in [1.54, 1.807) is 27.7 Å². The van der Waals surface area contributed by atoms with E-state index in [1.165, 1.54) is 0 Å². The van der Waals surface area contributed by atoms with Gasteiger partial charge in [0, 0.05) is 0 Å². The molecule has 144 valence electrons. The first-order valence-electron chi connectivity index (χ1n) is 9.26. The molecule has 2 rings (SSSR count). The Morgan fingerprint density at radius 1 is 0.963 bits per heavy atom. The van der Waals surface area contributed by atoms with E-state index in [1.807, 2.05) is 54.6 Å². The number of hydrogen-bond acceptors (Lipinski definition) is 3. The number of esters is 1. The molecule has 1 N–H and O–H groups in total. The fraction of sp³-hybridized carbons (Fsp3) is 0.391.